The number of carbonyl (C=O) groups excluding carboxylic acids is 1. The Kier molecular flexibility index (Phi) is 5.60. The second-order valence-electron chi connectivity index (χ2n) is 5.43. The monoisotopic (exact) mass is 291 g/mol. The van der Waals surface area contributed by atoms with Crippen molar-refractivity contribution in [2.24, 2.45) is 11.8 Å². The Morgan fingerprint density at radius 3 is 2.62 bits per heavy atom. The Bertz CT molecular complexity index is 474. The number of carbonyl (C=O) groups is 2. The molecule has 1 aromatic carbocycles. The standard InChI is InChI=1S/C16H21NO4/c18-15(19)14-9-5-4-8-13(14)10-17-16(20)21-11-12-6-2-1-3-7-12/h1-3,6-7,13-14H,4-5,8-11H2,(H,17,20)(H,18,19)/t13-,14-/m1/s1. The van der Waals surface area contributed by atoms with E-state index in [0.717, 1.165) is 24.8 Å². The molecule has 5 nitrogen and oxygen atoms in total. The third-order valence-corrected chi connectivity index (χ3v) is 3.95. The van der Waals surface area contributed by atoms with Crippen molar-refractivity contribution < 1.29 is 19.4 Å². The van der Waals surface area contributed by atoms with Crippen molar-refractivity contribution in [3.05, 3.63) is 35.9 Å². The fourth-order valence-electron chi connectivity index (χ4n) is 2.77. The van der Waals surface area contributed by atoms with Crippen LogP contribution in [0.25, 0.3) is 0 Å². The quantitative estimate of drug-likeness (QED) is 0.874. The van der Waals surface area contributed by atoms with Crippen molar-refractivity contribution in [2.75, 3.05) is 6.54 Å². The zero-order valence-electron chi connectivity index (χ0n) is 12.0. The first kappa shape index (κ1) is 15.4. The van der Waals surface area contributed by atoms with E-state index < -0.39 is 12.1 Å². The van der Waals surface area contributed by atoms with Gasteiger partial charge in [0.25, 0.3) is 0 Å². The maximum absolute atomic E-state index is 11.7. The predicted molar refractivity (Wildman–Crippen MR) is 77.7 cm³/mol. The van der Waals surface area contributed by atoms with Crippen LogP contribution in [0.3, 0.4) is 0 Å². The van der Waals surface area contributed by atoms with Crippen molar-refractivity contribution in [1.29, 1.82) is 0 Å². The molecule has 1 fully saturated rings. The number of benzene rings is 1. The lowest BCUT2D eigenvalue weighted by molar-refractivity contribution is -0.144. The topological polar surface area (TPSA) is 75.6 Å². The first-order chi connectivity index (χ1) is 10.2. The highest BCUT2D eigenvalue weighted by Gasteiger charge is 2.30. The molecule has 2 rings (SSSR count). The SMILES string of the molecule is O=C(NC[C@H]1CCCC[C@H]1C(=O)O)OCc1ccccc1. The van der Waals surface area contributed by atoms with Gasteiger partial charge in [-0.15, -0.1) is 0 Å². The van der Waals surface area contributed by atoms with Gasteiger partial charge in [-0.05, 0) is 24.3 Å². The average molecular weight is 291 g/mol. The van der Waals surface area contributed by atoms with Crippen LogP contribution in [0.15, 0.2) is 30.3 Å². The van der Waals surface area contributed by atoms with Gasteiger partial charge in [-0.25, -0.2) is 4.79 Å². The number of hydrogen-bond donors (Lipinski definition) is 2. The van der Waals surface area contributed by atoms with E-state index in [-0.39, 0.29) is 18.4 Å². The van der Waals surface area contributed by atoms with Gasteiger partial charge >= 0.3 is 12.1 Å². The van der Waals surface area contributed by atoms with Crippen LogP contribution in [0.4, 0.5) is 4.79 Å². The normalized spacial score (nSPS) is 21.5. The number of hydrogen-bond acceptors (Lipinski definition) is 3. The number of alkyl carbamates (subject to hydrolysis) is 1. The molecule has 0 heterocycles. The Morgan fingerprint density at radius 2 is 1.90 bits per heavy atom. The lowest BCUT2D eigenvalue weighted by Crippen LogP contribution is -2.37. The Hall–Kier alpha value is -2.04. The number of carboxylic acids is 1. The number of amides is 1. The average Bonchev–Trinajstić information content (AvgIpc) is 2.52. The number of nitrogens with one attached hydrogen (secondary N) is 1. The minimum Gasteiger partial charge on any atom is -0.481 e. The molecular weight excluding hydrogens is 270 g/mol. The molecule has 0 radical (unpaired) electrons. The van der Waals surface area contributed by atoms with Crippen molar-refractivity contribution in [2.45, 2.75) is 32.3 Å². The van der Waals surface area contributed by atoms with Crippen LogP contribution in [-0.2, 0) is 16.1 Å². The molecule has 1 saturated carbocycles. The summed E-state index contributed by atoms with van der Waals surface area (Å²) in [7, 11) is 0. The third kappa shape index (κ3) is 4.77. The molecule has 0 bridgehead atoms. The van der Waals surface area contributed by atoms with Crippen LogP contribution in [0.5, 0.6) is 0 Å². The number of ether oxygens (including phenoxy) is 1. The van der Waals surface area contributed by atoms with E-state index in [1.165, 1.54) is 0 Å². The maximum atomic E-state index is 11.7. The van der Waals surface area contributed by atoms with E-state index in [0.29, 0.717) is 13.0 Å². The van der Waals surface area contributed by atoms with Gasteiger partial charge in [-0.3, -0.25) is 4.79 Å². The molecule has 114 valence electrons. The summed E-state index contributed by atoms with van der Waals surface area (Å²) in [6, 6.07) is 9.44. The summed E-state index contributed by atoms with van der Waals surface area (Å²) in [5.41, 5.74) is 0.925. The molecule has 0 saturated heterocycles. The minimum atomic E-state index is -0.765. The first-order valence-electron chi connectivity index (χ1n) is 7.34. The molecule has 1 aliphatic carbocycles. The van der Waals surface area contributed by atoms with Crippen molar-refractivity contribution in [3.8, 4) is 0 Å². The molecule has 0 unspecified atom stereocenters. The summed E-state index contributed by atoms with van der Waals surface area (Å²) in [6.45, 7) is 0.588. The molecule has 21 heavy (non-hydrogen) atoms. The number of carboxylic acid groups (broad SMARTS) is 1. The molecule has 1 aromatic rings. The van der Waals surface area contributed by atoms with E-state index in [1.54, 1.807) is 0 Å². The fraction of sp³-hybridized carbons (Fsp3) is 0.500. The summed E-state index contributed by atoms with van der Waals surface area (Å²) < 4.78 is 5.12. The van der Waals surface area contributed by atoms with Gasteiger partial charge in [0.2, 0.25) is 0 Å². The molecule has 1 amide bonds. The van der Waals surface area contributed by atoms with Gasteiger partial charge in [-0.2, -0.15) is 0 Å². The highest BCUT2D eigenvalue weighted by atomic mass is 16.5. The lowest BCUT2D eigenvalue weighted by Gasteiger charge is -2.28. The lowest BCUT2D eigenvalue weighted by atomic mass is 9.79. The van der Waals surface area contributed by atoms with Gasteiger partial charge in [0.15, 0.2) is 0 Å². The first-order valence-corrected chi connectivity index (χ1v) is 7.34. The van der Waals surface area contributed by atoms with Gasteiger partial charge in [0, 0.05) is 6.54 Å². The third-order valence-electron chi connectivity index (χ3n) is 3.95. The van der Waals surface area contributed by atoms with Crippen molar-refractivity contribution >= 4 is 12.1 Å². The van der Waals surface area contributed by atoms with Gasteiger partial charge in [0.05, 0.1) is 5.92 Å². The fourth-order valence-corrected chi connectivity index (χ4v) is 2.77. The Morgan fingerprint density at radius 1 is 1.19 bits per heavy atom. The highest BCUT2D eigenvalue weighted by Crippen LogP contribution is 2.29. The molecule has 1 aliphatic rings. The molecule has 0 aromatic heterocycles. The van der Waals surface area contributed by atoms with Gasteiger partial charge in [-0.1, -0.05) is 43.2 Å². The Balaban J connectivity index is 1.74. The molecule has 2 N–H and O–H groups in total. The molecule has 0 aliphatic heterocycles. The van der Waals surface area contributed by atoms with E-state index in [9.17, 15) is 14.7 Å². The Labute approximate surface area is 124 Å². The number of rotatable bonds is 5. The minimum absolute atomic E-state index is 0.000486. The van der Waals surface area contributed by atoms with Crippen molar-refractivity contribution in [3.63, 3.8) is 0 Å². The van der Waals surface area contributed by atoms with E-state index >= 15 is 0 Å². The molecular formula is C16H21NO4. The summed E-state index contributed by atoms with van der Waals surface area (Å²) >= 11 is 0. The molecule has 2 atom stereocenters. The van der Waals surface area contributed by atoms with Crippen LogP contribution < -0.4 is 5.32 Å². The smallest absolute Gasteiger partial charge is 0.407 e. The summed E-state index contributed by atoms with van der Waals surface area (Å²) in [4.78, 5) is 22.8. The second kappa shape index (κ2) is 7.67. The van der Waals surface area contributed by atoms with Crippen LogP contribution >= 0.6 is 0 Å². The van der Waals surface area contributed by atoms with Gasteiger partial charge in [0.1, 0.15) is 6.61 Å². The summed E-state index contributed by atoms with van der Waals surface area (Å²) in [6.07, 6.45) is 3.02. The van der Waals surface area contributed by atoms with Crippen LogP contribution in [-0.4, -0.2) is 23.7 Å². The zero-order chi connectivity index (χ0) is 15.1. The van der Waals surface area contributed by atoms with Crippen LogP contribution in [0.1, 0.15) is 31.2 Å². The summed E-state index contributed by atoms with van der Waals surface area (Å²) in [5, 5.41) is 11.9. The van der Waals surface area contributed by atoms with Crippen LogP contribution in [0, 0.1) is 11.8 Å². The van der Waals surface area contributed by atoms with E-state index in [1.807, 2.05) is 30.3 Å². The van der Waals surface area contributed by atoms with E-state index in [2.05, 4.69) is 5.32 Å². The zero-order valence-corrected chi connectivity index (χ0v) is 12.0. The largest absolute Gasteiger partial charge is 0.481 e. The van der Waals surface area contributed by atoms with Crippen LogP contribution in [0.2, 0.25) is 0 Å². The summed E-state index contributed by atoms with van der Waals surface area (Å²) in [5.74, 6) is -1.12. The predicted octanol–water partition coefficient (Wildman–Crippen LogP) is 2.80. The van der Waals surface area contributed by atoms with Gasteiger partial charge < -0.3 is 15.2 Å². The second-order valence-corrected chi connectivity index (χ2v) is 5.43. The highest BCUT2D eigenvalue weighted by molar-refractivity contribution is 5.71. The van der Waals surface area contributed by atoms with Crippen molar-refractivity contribution in [1.82, 2.24) is 5.32 Å². The van der Waals surface area contributed by atoms with E-state index in [4.69, 9.17) is 4.74 Å². The molecule has 0 spiro atoms. The molecule has 5 heteroatoms. The maximum Gasteiger partial charge on any atom is 0.407 e. The number of aliphatic carboxylic acids is 1.